The predicted octanol–water partition coefficient (Wildman–Crippen LogP) is 2.02. The Morgan fingerprint density at radius 1 is 1.11 bits per heavy atom. The highest BCUT2D eigenvalue weighted by atomic mass is 16.3. The Morgan fingerprint density at radius 2 is 1.94 bits per heavy atom. The summed E-state index contributed by atoms with van der Waals surface area (Å²) in [6.45, 7) is 4.66. The van der Waals surface area contributed by atoms with Crippen molar-refractivity contribution in [1.82, 2.24) is 4.90 Å². The molecule has 0 amide bonds. The minimum atomic E-state index is -0.121. The third-order valence-electron chi connectivity index (χ3n) is 4.88. The zero-order valence-corrected chi connectivity index (χ0v) is 11.7. The predicted molar refractivity (Wildman–Crippen MR) is 73.4 cm³/mol. The summed E-state index contributed by atoms with van der Waals surface area (Å²) in [5.41, 5.74) is 0. The van der Waals surface area contributed by atoms with Crippen LogP contribution >= 0.6 is 0 Å². The van der Waals surface area contributed by atoms with Crippen LogP contribution in [0.2, 0.25) is 0 Å². The Kier molecular flexibility index (Phi) is 5.46. The number of hydrogen-bond donors (Lipinski definition) is 2. The number of nitrogens with zero attached hydrogens (tertiary/aromatic N) is 1. The molecule has 0 aromatic carbocycles. The summed E-state index contributed by atoms with van der Waals surface area (Å²) in [6, 6.07) is 0.330. The first-order chi connectivity index (χ1) is 8.70. The van der Waals surface area contributed by atoms with Gasteiger partial charge in [0.1, 0.15) is 0 Å². The van der Waals surface area contributed by atoms with Crippen LogP contribution in [0.15, 0.2) is 0 Å². The van der Waals surface area contributed by atoms with Gasteiger partial charge in [0.15, 0.2) is 0 Å². The van der Waals surface area contributed by atoms with Crippen molar-refractivity contribution in [3.8, 4) is 0 Å². The lowest BCUT2D eigenvalue weighted by atomic mass is 9.80. The molecule has 1 saturated heterocycles. The molecule has 0 spiro atoms. The lowest BCUT2D eigenvalue weighted by Crippen LogP contribution is -2.44. The number of aliphatic hydroxyl groups is 2. The average Bonchev–Trinajstić information content (AvgIpc) is 2.59. The maximum Gasteiger partial charge on any atom is 0.0586 e. The van der Waals surface area contributed by atoms with E-state index < -0.39 is 0 Å². The molecule has 0 aromatic heterocycles. The van der Waals surface area contributed by atoms with E-state index >= 15 is 0 Å². The van der Waals surface area contributed by atoms with Crippen molar-refractivity contribution in [3.63, 3.8) is 0 Å². The molecular weight excluding hydrogens is 226 g/mol. The van der Waals surface area contributed by atoms with Gasteiger partial charge in [-0.05, 0) is 50.5 Å². The van der Waals surface area contributed by atoms with Gasteiger partial charge in [0, 0.05) is 12.6 Å². The molecule has 3 nitrogen and oxygen atoms in total. The lowest BCUT2D eigenvalue weighted by molar-refractivity contribution is 0.0147. The summed E-state index contributed by atoms with van der Waals surface area (Å²) in [5.74, 6) is 1.17. The lowest BCUT2D eigenvalue weighted by Gasteiger charge is -2.37. The zero-order chi connectivity index (χ0) is 13.0. The van der Waals surface area contributed by atoms with E-state index in [1.165, 1.54) is 25.7 Å². The van der Waals surface area contributed by atoms with Gasteiger partial charge in [0.05, 0.1) is 12.7 Å². The molecule has 2 aliphatic rings. The smallest absolute Gasteiger partial charge is 0.0586 e. The Labute approximate surface area is 111 Å². The molecule has 2 fully saturated rings. The van der Waals surface area contributed by atoms with Crippen LogP contribution in [0.3, 0.4) is 0 Å². The van der Waals surface area contributed by atoms with E-state index in [4.69, 9.17) is 0 Å². The number of likely N-dealkylation sites (tertiary alicyclic amines) is 1. The van der Waals surface area contributed by atoms with E-state index in [1.54, 1.807) is 0 Å². The minimum Gasteiger partial charge on any atom is -0.395 e. The summed E-state index contributed by atoms with van der Waals surface area (Å²) in [5, 5.41) is 19.7. The second-order valence-electron chi connectivity index (χ2n) is 6.43. The van der Waals surface area contributed by atoms with Gasteiger partial charge in [-0.3, -0.25) is 4.90 Å². The third-order valence-corrected chi connectivity index (χ3v) is 4.88. The van der Waals surface area contributed by atoms with E-state index in [-0.39, 0.29) is 12.7 Å². The first-order valence-corrected chi connectivity index (χ1v) is 7.73. The summed E-state index contributed by atoms with van der Waals surface area (Å²) in [6.07, 6.45) is 8.05. The second kappa shape index (κ2) is 6.88. The quantitative estimate of drug-likeness (QED) is 0.811. The highest BCUT2D eigenvalue weighted by Gasteiger charge is 2.30. The van der Waals surface area contributed by atoms with Crippen LogP contribution in [-0.4, -0.2) is 47.0 Å². The molecule has 4 unspecified atom stereocenters. The van der Waals surface area contributed by atoms with E-state index in [0.717, 1.165) is 38.3 Å². The second-order valence-corrected chi connectivity index (χ2v) is 6.43. The fourth-order valence-electron chi connectivity index (χ4n) is 3.66. The van der Waals surface area contributed by atoms with Crippen LogP contribution < -0.4 is 0 Å². The van der Waals surface area contributed by atoms with Crippen molar-refractivity contribution in [2.45, 2.75) is 64.0 Å². The molecular formula is C15H29NO2. The van der Waals surface area contributed by atoms with Gasteiger partial charge in [-0.25, -0.2) is 0 Å². The van der Waals surface area contributed by atoms with Gasteiger partial charge in [-0.1, -0.05) is 19.8 Å². The van der Waals surface area contributed by atoms with Gasteiger partial charge < -0.3 is 10.2 Å². The molecule has 0 radical (unpaired) electrons. The van der Waals surface area contributed by atoms with E-state index in [0.29, 0.717) is 12.0 Å². The fraction of sp³-hybridized carbons (Fsp3) is 1.00. The van der Waals surface area contributed by atoms with E-state index in [9.17, 15) is 10.2 Å². The molecule has 1 saturated carbocycles. The fourth-order valence-corrected chi connectivity index (χ4v) is 3.66. The normalized spacial score (nSPS) is 39.5. The SMILES string of the molecule is CC1CCC(O)C(CN2CCCCCC2CO)C1. The minimum absolute atomic E-state index is 0.121. The average molecular weight is 255 g/mol. The maximum atomic E-state index is 10.2. The highest BCUT2D eigenvalue weighted by Crippen LogP contribution is 2.31. The molecule has 18 heavy (non-hydrogen) atoms. The van der Waals surface area contributed by atoms with Gasteiger partial charge in [-0.15, -0.1) is 0 Å². The Balaban J connectivity index is 1.92. The molecule has 0 aromatic rings. The first kappa shape index (κ1) is 14.3. The molecule has 1 aliphatic carbocycles. The zero-order valence-electron chi connectivity index (χ0n) is 11.7. The highest BCUT2D eigenvalue weighted by molar-refractivity contribution is 4.83. The maximum absolute atomic E-state index is 10.2. The molecule has 106 valence electrons. The molecule has 3 heteroatoms. The number of hydrogen-bond acceptors (Lipinski definition) is 3. The molecule has 2 rings (SSSR count). The molecule has 2 N–H and O–H groups in total. The van der Waals surface area contributed by atoms with Crippen LogP contribution in [-0.2, 0) is 0 Å². The van der Waals surface area contributed by atoms with E-state index in [2.05, 4.69) is 11.8 Å². The van der Waals surface area contributed by atoms with Crippen molar-refractivity contribution in [2.75, 3.05) is 19.7 Å². The topological polar surface area (TPSA) is 43.7 Å². The molecule has 1 aliphatic heterocycles. The Hall–Kier alpha value is -0.120. The monoisotopic (exact) mass is 255 g/mol. The molecule has 4 atom stereocenters. The van der Waals surface area contributed by atoms with Crippen molar-refractivity contribution in [2.24, 2.45) is 11.8 Å². The van der Waals surface area contributed by atoms with Crippen LogP contribution in [0.25, 0.3) is 0 Å². The third kappa shape index (κ3) is 3.69. The summed E-state index contributed by atoms with van der Waals surface area (Å²) in [7, 11) is 0. The largest absolute Gasteiger partial charge is 0.395 e. The van der Waals surface area contributed by atoms with Crippen LogP contribution in [0.5, 0.6) is 0 Å². The van der Waals surface area contributed by atoms with Gasteiger partial charge in [0.25, 0.3) is 0 Å². The van der Waals surface area contributed by atoms with Crippen molar-refractivity contribution in [1.29, 1.82) is 0 Å². The Morgan fingerprint density at radius 3 is 2.72 bits per heavy atom. The summed E-state index contributed by atoms with van der Waals surface area (Å²) < 4.78 is 0. The summed E-state index contributed by atoms with van der Waals surface area (Å²) >= 11 is 0. The Bertz CT molecular complexity index is 247. The van der Waals surface area contributed by atoms with Crippen LogP contribution in [0.1, 0.15) is 51.9 Å². The van der Waals surface area contributed by atoms with E-state index in [1.807, 2.05) is 0 Å². The van der Waals surface area contributed by atoms with Crippen LogP contribution in [0, 0.1) is 11.8 Å². The van der Waals surface area contributed by atoms with Crippen molar-refractivity contribution < 1.29 is 10.2 Å². The molecule has 1 heterocycles. The molecule has 0 bridgehead atoms. The van der Waals surface area contributed by atoms with Crippen molar-refractivity contribution in [3.05, 3.63) is 0 Å². The van der Waals surface area contributed by atoms with Crippen molar-refractivity contribution >= 4 is 0 Å². The standard InChI is InChI=1S/C15H29NO2/c1-12-6-7-15(18)13(9-12)10-16-8-4-2-3-5-14(16)11-17/h12-15,17-18H,2-11H2,1H3. The number of aliphatic hydroxyl groups excluding tert-OH is 2. The summed E-state index contributed by atoms with van der Waals surface area (Å²) in [4.78, 5) is 2.44. The van der Waals surface area contributed by atoms with Crippen LogP contribution in [0.4, 0.5) is 0 Å². The van der Waals surface area contributed by atoms with Gasteiger partial charge in [-0.2, -0.15) is 0 Å². The van der Waals surface area contributed by atoms with Gasteiger partial charge in [0.2, 0.25) is 0 Å². The first-order valence-electron chi connectivity index (χ1n) is 7.73. The van der Waals surface area contributed by atoms with Gasteiger partial charge >= 0.3 is 0 Å². The number of rotatable bonds is 3.